The summed E-state index contributed by atoms with van der Waals surface area (Å²) in [5.41, 5.74) is 3.63. The third-order valence-electron chi connectivity index (χ3n) is 6.42. The number of aliphatic hydroxyl groups is 1. The van der Waals surface area contributed by atoms with Gasteiger partial charge in [0, 0.05) is 26.4 Å². The fraction of sp³-hybridized carbons (Fsp3) is 0.160. The number of imidazole rings is 1. The van der Waals surface area contributed by atoms with Gasteiger partial charge >= 0.3 is 0 Å². The maximum absolute atomic E-state index is 13.7. The maximum atomic E-state index is 13.7. The van der Waals surface area contributed by atoms with E-state index in [4.69, 9.17) is 16.4 Å². The van der Waals surface area contributed by atoms with Crippen LogP contribution in [0.5, 0.6) is 0 Å². The molecule has 3 heterocycles. The molecule has 180 valence electrons. The summed E-state index contributed by atoms with van der Waals surface area (Å²) < 4.78 is 16.8. The Bertz CT molecular complexity index is 1590. The van der Waals surface area contributed by atoms with Gasteiger partial charge in [-0.3, -0.25) is 4.84 Å². The number of hydrogen-bond acceptors (Lipinski definition) is 6. The van der Waals surface area contributed by atoms with E-state index in [2.05, 4.69) is 25.5 Å². The lowest BCUT2D eigenvalue weighted by Crippen LogP contribution is -2.50. The minimum Gasteiger partial charge on any atom is -0.372 e. The third-order valence-corrected chi connectivity index (χ3v) is 6.66. The van der Waals surface area contributed by atoms with Crippen LogP contribution in [0.3, 0.4) is 0 Å². The molecule has 11 heteroatoms. The number of aromatic nitrogens is 7. The molecule has 0 saturated carbocycles. The lowest BCUT2D eigenvalue weighted by molar-refractivity contribution is -0.893. The second-order valence-electron chi connectivity index (χ2n) is 8.54. The maximum Gasteiger partial charge on any atom is 0.276 e. The average Bonchev–Trinajstić information content (AvgIpc) is 3.65. The second-order valence-corrected chi connectivity index (χ2v) is 8.98. The molecule has 1 atom stereocenters. The molecule has 6 rings (SSSR count). The largest absolute Gasteiger partial charge is 0.372 e. The predicted octanol–water partition coefficient (Wildman–Crippen LogP) is 3.04. The SMILES string of the molecule is CO[n+]1cc(-c2cc(Cl)ccc2-n2cnnn2)cc2c1C(O)(c1ncc(-c3cccc(F)c3)[nH]1)CC2. The van der Waals surface area contributed by atoms with E-state index in [-0.39, 0.29) is 5.82 Å². The van der Waals surface area contributed by atoms with Crippen molar-refractivity contribution in [3.05, 3.63) is 95.2 Å². The zero-order valence-electron chi connectivity index (χ0n) is 19.1. The first-order valence-corrected chi connectivity index (χ1v) is 11.5. The molecule has 0 bridgehead atoms. The summed E-state index contributed by atoms with van der Waals surface area (Å²) in [6, 6.07) is 13.6. The van der Waals surface area contributed by atoms with Gasteiger partial charge in [-0.15, -0.1) is 5.10 Å². The number of aromatic amines is 1. The Kier molecular flexibility index (Phi) is 5.27. The van der Waals surface area contributed by atoms with Crippen LogP contribution in [-0.2, 0) is 12.0 Å². The Labute approximate surface area is 209 Å². The molecule has 1 aliphatic rings. The molecule has 0 amide bonds. The van der Waals surface area contributed by atoms with E-state index in [0.717, 1.165) is 22.4 Å². The first kappa shape index (κ1) is 22.3. The number of aryl methyl sites for hydroxylation is 1. The summed E-state index contributed by atoms with van der Waals surface area (Å²) in [5, 5.41) is 23.9. The molecule has 0 fully saturated rings. The summed E-state index contributed by atoms with van der Waals surface area (Å²) in [6.07, 6.45) is 5.86. The van der Waals surface area contributed by atoms with Crippen molar-refractivity contribution in [1.82, 2.24) is 30.2 Å². The number of halogens is 2. The van der Waals surface area contributed by atoms with E-state index in [1.165, 1.54) is 25.6 Å². The number of nitrogens with one attached hydrogen (secondary N) is 1. The van der Waals surface area contributed by atoms with Crippen molar-refractivity contribution in [3.8, 4) is 28.1 Å². The fourth-order valence-electron chi connectivity index (χ4n) is 4.77. The lowest BCUT2D eigenvalue weighted by atomic mass is 9.98. The minimum atomic E-state index is -1.43. The van der Waals surface area contributed by atoms with Crippen molar-refractivity contribution < 1.29 is 19.1 Å². The molecule has 0 aliphatic heterocycles. The molecule has 5 aromatic rings. The smallest absolute Gasteiger partial charge is 0.276 e. The van der Waals surface area contributed by atoms with E-state index in [0.29, 0.717) is 40.6 Å². The quantitative estimate of drug-likeness (QED) is 0.356. The molecule has 0 spiro atoms. The predicted molar refractivity (Wildman–Crippen MR) is 128 cm³/mol. The highest BCUT2D eigenvalue weighted by atomic mass is 35.5. The van der Waals surface area contributed by atoms with E-state index in [9.17, 15) is 9.50 Å². The number of H-pyrrole nitrogens is 1. The summed E-state index contributed by atoms with van der Waals surface area (Å²) in [5.74, 6) is 0.0107. The Morgan fingerprint density at radius 2 is 2.08 bits per heavy atom. The highest BCUT2D eigenvalue weighted by molar-refractivity contribution is 6.31. The van der Waals surface area contributed by atoms with Crippen LogP contribution in [0.25, 0.3) is 28.1 Å². The Hall–Kier alpha value is -4.15. The summed E-state index contributed by atoms with van der Waals surface area (Å²) >= 11 is 6.33. The number of hydrogen-bond donors (Lipinski definition) is 2. The monoisotopic (exact) mass is 504 g/mol. The van der Waals surface area contributed by atoms with Gasteiger partial charge in [0.1, 0.15) is 25.1 Å². The summed E-state index contributed by atoms with van der Waals surface area (Å²) in [7, 11) is 1.53. The Morgan fingerprint density at radius 3 is 2.86 bits per heavy atom. The van der Waals surface area contributed by atoms with Crippen molar-refractivity contribution in [3.63, 3.8) is 0 Å². The van der Waals surface area contributed by atoms with Gasteiger partial charge < -0.3 is 10.1 Å². The topological polar surface area (TPSA) is 106 Å². The van der Waals surface area contributed by atoms with E-state index in [1.54, 1.807) is 40.0 Å². The van der Waals surface area contributed by atoms with Crippen molar-refractivity contribution in [2.24, 2.45) is 0 Å². The molecule has 0 saturated heterocycles. The van der Waals surface area contributed by atoms with E-state index in [1.807, 2.05) is 18.2 Å². The van der Waals surface area contributed by atoms with Crippen molar-refractivity contribution in [2.75, 3.05) is 7.11 Å². The number of nitrogens with zero attached hydrogens (tertiary/aromatic N) is 6. The minimum absolute atomic E-state index is 0.347. The van der Waals surface area contributed by atoms with Crippen LogP contribution >= 0.6 is 11.6 Å². The van der Waals surface area contributed by atoms with Crippen LogP contribution in [0.4, 0.5) is 4.39 Å². The number of rotatable bonds is 5. The molecule has 0 radical (unpaired) electrons. The normalized spacial score (nSPS) is 16.8. The van der Waals surface area contributed by atoms with Gasteiger partial charge in [-0.25, -0.2) is 9.37 Å². The molecule has 9 nitrogen and oxygen atoms in total. The number of pyridine rings is 1. The van der Waals surface area contributed by atoms with Gasteiger partial charge in [-0.05, 0) is 59.7 Å². The van der Waals surface area contributed by atoms with Gasteiger partial charge in [0.2, 0.25) is 11.8 Å². The van der Waals surface area contributed by atoms with Crippen LogP contribution in [0.2, 0.25) is 5.02 Å². The van der Waals surface area contributed by atoms with E-state index >= 15 is 0 Å². The van der Waals surface area contributed by atoms with Gasteiger partial charge in [0.15, 0.2) is 0 Å². The summed E-state index contributed by atoms with van der Waals surface area (Å²) in [6.45, 7) is 0. The Morgan fingerprint density at radius 1 is 1.19 bits per heavy atom. The molecule has 1 unspecified atom stereocenters. The van der Waals surface area contributed by atoms with Crippen molar-refractivity contribution in [1.29, 1.82) is 0 Å². The highest BCUT2D eigenvalue weighted by Gasteiger charge is 2.50. The molecule has 1 aliphatic carbocycles. The summed E-state index contributed by atoms with van der Waals surface area (Å²) in [4.78, 5) is 13.3. The van der Waals surface area contributed by atoms with Crippen LogP contribution in [0.1, 0.15) is 23.5 Å². The van der Waals surface area contributed by atoms with Gasteiger partial charge in [-0.1, -0.05) is 23.7 Å². The van der Waals surface area contributed by atoms with Crippen molar-refractivity contribution in [2.45, 2.75) is 18.4 Å². The zero-order chi connectivity index (χ0) is 24.9. The standard InChI is InChI=1S/C25H20ClFN7O2/c1-36-34-13-17(20-11-18(26)5-6-22(20)33-14-29-31-32-33)9-16-7-8-25(35,23(16)34)24-28-12-21(30-24)15-3-2-4-19(27)10-15/h2-6,9-14,35H,7-8H2,1H3,(H,28,30)/q+1. The van der Waals surface area contributed by atoms with Gasteiger partial charge in [0.05, 0.1) is 23.1 Å². The molecule has 3 aromatic heterocycles. The highest BCUT2D eigenvalue weighted by Crippen LogP contribution is 2.41. The van der Waals surface area contributed by atoms with E-state index < -0.39 is 5.60 Å². The van der Waals surface area contributed by atoms with Gasteiger partial charge in [-0.2, -0.15) is 4.68 Å². The van der Waals surface area contributed by atoms with Crippen molar-refractivity contribution >= 4 is 11.6 Å². The lowest BCUT2D eigenvalue weighted by Gasteiger charge is -2.18. The third kappa shape index (κ3) is 3.62. The van der Waals surface area contributed by atoms with Crippen LogP contribution in [0.15, 0.2) is 67.3 Å². The first-order chi connectivity index (χ1) is 17.5. The molecular formula is C25H20ClFN7O2+. The Balaban J connectivity index is 1.45. The van der Waals surface area contributed by atoms with Crippen LogP contribution in [0, 0.1) is 5.82 Å². The zero-order valence-corrected chi connectivity index (χ0v) is 19.8. The van der Waals surface area contributed by atoms with Crippen LogP contribution in [-0.4, -0.2) is 42.4 Å². The number of fused-ring (bicyclic) bond motifs is 1. The number of benzene rings is 2. The first-order valence-electron chi connectivity index (χ1n) is 11.2. The molecule has 36 heavy (non-hydrogen) atoms. The molecule has 2 N–H and O–H groups in total. The van der Waals surface area contributed by atoms with Crippen LogP contribution < -0.4 is 9.57 Å². The molecule has 2 aromatic carbocycles. The van der Waals surface area contributed by atoms with Gasteiger partial charge in [0.25, 0.3) is 5.69 Å². The molecular weight excluding hydrogens is 485 g/mol. The average molecular weight is 505 g/mol. The fourth-order valence-corrected chi connectivity index (χ4v) is 4.94. The second kappa shape index (κ2) is 8.51. The number of tetrazole rings is 1.